The van der Waals surface area contributed by atoms with E-state index in [9.17, 15) is 4.79 Å². The van der Waals surface area contributed by atoms with Crippen LogP contribution in [0.25, 0.3) is 10.8 Å². The molecule has 0 unspecified atom stereocenters. The van der Waals surface area contributed by atoms with Crippen LogP contribution in [0.15, 0.2) is 21.9 Å². The molecule has 2 saturated heterocycles. The summed E-state index contributed by atoms with van der Waals surface area (Å²) in [5.41, 5.74) is 0. The van der Waals surface area contributed by atoms with E-state index in [1.54, 1.807) is 11.3 Å². The molecule has 7 nitrogen and oxygen atoms in total. The van der Waals surface area contributed by atoms with Gasteiger partial charge in [0.25, 0.3) is 5.89 Å². The minimum atomic E-state index is 0.0553. The van der Waals surface area contributed by atoms with Gasteiger partial charge < -0.3 is 14.6 Å². The zero-order valence-corrected chi connectivity index (χ0v) is 14.5. The van der Waals surface area contributed by atoms with E-state index in [0.717, 1.165) is 43.9 Å². The highest BCUT2D eigenvalue weighted by molar-refractivity contribution is 7.13. The number of hydrogen-bond donors (Lipinski definition) is 1. The average Bonchev–Trinajstić information content (AvgIpc) is 3.35. The number of piperidine rings is 1. The summed E-state index contributed by atoms with van der Waals surface area (Å²) in [7, 11) is 0. The zero-order valence-electron chi connectivity index (χ0n) is 13.6. The van der Waals surface area contributed by atoms with Gasteiger partial charge in [-0.05, 0) is 37.8 Å². The number of aromatic nitrogens is 2. The molecule has 8 heteroatoms. The van der Waals surface area contributed by atoms with E-state index in [0.29, 0.717) is 11.8 Å². The summed E-state index contributed by atoms with van der Waals surface area (Å²) in [5, 5.41) is 13.3. The van der Waals surface area contributed by atoms with Crippen LogP contribution < -0.4 is 5.32 Å². The summed E-state index contributed by atoms with van der Waals surface area (Å²) in [6, 6.07) is 4.34. The first kappa shape index (κ1) is 15.6. The van der Waals surface area contributed by atoms with E-state index in [1.165, 1.54) is 0 Å². The normalized spacial score (nSPS) is 23.5. The lowest BCUT2D eigenvalue weighted by molar-refractivity contribution is 0.0904. The molecule has 2 aromatic rings. The largest absolute Gasteiger partial charge is 0.418 e. The molecule has 0 aliphatic carbocycles. The molecule has 2 aliphatic heterocycles. The number of hydrogen-bond acceptors (Lipinski definition) is 6. The highest BCUT2D eigenvalue weighted by Crippen LogP contribution is 2.29. The molecule has 0 aromatic carbocycles. The summed E-state index contributed by atoms with van der Waals surface area (Å²) in [5.74, 6) is 1.23. The van der Waals surface area contributed by atoms with E-state index in [1.807, 2.05) is 22.4 Å². The van der Waals surface area contributed by atoms with Gasteiger partial charge in [0.1, 0.15) is 0 Å². The summed E-state index contributed by atoms with van der Waals surface area (Å²) < 4.78 is 5.88. The first-order valence-electron chi connectivity index (χ1n) is 8.38. The van der Waals surface area contributed by atoms with Crippen molar-refractivity contribution in [1.29, 1.82) is 0 Å². The van der Waals surface area contributed by atoms with Crippen LogP contribution in [0.3, 0.4) is 0 Å². The SMILES string of the molecule is C[C@@H](c1nnc(-c2cccs2)o1)N1CCC[C@@H](N2CCNC2=O)C1. The maximum Gasteiger partial charge on any atom is 0.317 e. The van der Waals surface area contributed by atoms with E-state index < -0.39 is 0 Å². The monoisotopic (exact) mass is 347 g/mol. The van der Waals surface area contributed by atoms with Crippen LogP contribution in [0.1, 0.15) is 31.7 Å². The van der Waals surface area contributed by atoms with E-state index in [-0.39, 0.29) is 18.1 Å². The second-order valence-corrected chi connectivity index (χ2v) is 7.26. The number of thiophene rings is 1. The van der Waals surface area contributed by atoms with Gasteiger partial charge in [0.05, 0.1) is 10.9 Å². The number of rotatable bonds is 4. The predicted molar refractivity (Wildman–Crippen MR) is 90.7 cm³/mol. The van der Waals surface area contributed by atoms with E-state index >= 15 is 0 Å². The number of urea groups is 1. The lowest BCUT2D eigenvalue weighted by Gasteiger charge is -2.38. The van der Waals surface area contributed by atoms with E-state index in [2.05, 4.69) is 27.3 Å². The first-order valence-corrected chi connectivity index (χ1v) is 9.26. The topological polar surface area (TPSA) is 74.5 Å². The molecule has 24 heavy (non-hydrogen) atoms. The molecule has 0 bridgehead atoms. The Hall–Kier alpha value is -1.93. The van der Waals surface area contributed by atoms with Crippen molar-refractivity contribution in [3.05, 3.63) is 23.4 Å². The molecule has 0 saturated carbocycles. The Labute approximate surface area is 144 Å². The number of likely N-dealkylation sites (tertiary alicyclic amines) is 1. The molecule has 2 amide bonds. The number of amides is 2. The summed E-state index contributed by atoms with van der Waals surface area (Å²) >= 11 is 1.59. The Morgan fingerprint density at radius 2 is 2.33 bits per heavy atom. The lowest BCUT2D eigenvalue weighted by atomic mass is 10.0. The molecule has 128 valence electrons. The maximum absolute atomic E-state index is 11.9. The Morgan fingerprint density at radius 1 is 1.42 bits per heavy atom. The summed E-state index contributed by atoms with van der Waals surface area (Å²) in [4.78, 5) is 17.2. The molecule has 0 radical (unpaired) electrons. The highest BCUT2D eigenvalue weighted by atomic mass is 32.1. The fourth-order valence-electron chi connectivity index (χ4n) is 3.48. The third kappa shape index (κ3) is 2.91. The van der Waals surface area contributed by atoms with Crippen molar-refractivity contribution in [2.24, 2.45) is 0 Å². The van der Waals surface area contributed by atoms with Crippen LogP contribution in [-0.2, 0) is 0 Å². The van der Waals surface area contributed by atoms with Crippen LogP contribution in [-0.4, -0.2) is 58.2 Å². The van der Waals surface area contributed by atoms with Gasteiger partial charge >= 0.3 is 6.03 Å². The van der Waals surface area contributed by atoms with Gasteiger partial charge in [-0.15, -0.1) is 21.5 Å². The molecular formula is C16H21N5O2S. The average molecular weight is 347 g/mol. The van der Waals surface area contributed by atoms with Gasteiger partial charge in [0.15, 0.2) is 0 Å². The molecule has 2 aliphatic rings. The van der Waals surface area contributed by atoms with Crippen LogP contribution in [0.2, 0.25) is 0 Å². The molecular weight excluding hydrogens is 326 g/mol. The quantitative estimate of drug-likeness (QED) is 0.919. The van der Waals surface area contributed by atoms with Crippen LogP contribution in [0.4, 0.5) is 4.79 Å². The summed E-state index contributed by atoms with van der Waals surface area (Å²) in [6.07, 6.45) is 2.13. The van der Waals surface area contributed by atoms with Gasteiger partial charge in [-0.1, -0.05) is 6.07 Å². The standard InChI is InChI=1S/C16H21N5O2S/c1-11(14-18-19-15(23-14)13-5-3-9-24-13)20-7-2-4-12(10-20)21-8-6-17-16(21)22/h3,5,9,11-12H,2,4,6-8,10H2,1H3,(H,17,22)/t11-,12+/m0/s1. The van der Waals surface area contributed by atoms with Crippen molar-refractivity contribution in [1.82, 2.24) is 25.3 Å². The second-order valence-electron chi connectivity index (χ2n) is 6.32. The molecule has 2 aromatic heterocycles. The highest BCUT2D eigenvalue weighted by Gasteiger charge is 2.34. The van der Waals surface area contributed by atoms with Crippen LogP contribution >= 0.6 is 11.3 Å². The van der Waals surface area contributed by atoms with Crippen molar-refractivity contribution in [2.45, 2.75) is 31.8 Å². The Bertz CT molecular complexity index is 701. The Kier molecular flexibility index (Phi) is 4.24. The third-order valence-electron chi connectivity index (χ3n) is 4.84. The third-order valence-corrected chi connectivity index (χ3v) is 5.69. The molecule has 4 rings (SSSR count). The van der Waals surface area contributed by atoms with Crippen molar-refractivity contribution in [3.8, 4) is 10.8 Å². The molecule has 4 heterocycles. The first-order chi connectivity index (χ1) is 11.7. The van der Waals surface area contributed by atoms with Crippen LogP contribution in [0.5, 0.6) is 0 Å². The fourth-order valence-corrected chi connectivity index (χ4v) is 4.13. The van der Waals surface area contributed by atoms with Gasteiger partial charge in [-0.3, -0.25) is 4.90 Å². The van der Waals surface area contributed by atoms with Crippen molar-refractivity contribution >= 4 is 17.4 Å². The molecule has 0 spiro atoms. The maximum atomic E-state index is 11.9. The lowest BCUT2D eigenvalue weighted by Crippen LogP contribution is -2.49. The van der Waals surface area contributed by atoms with Gasteiger partial charge in [-0.2, -0.15) is 0 Å². The van der Waals surface area contributed by atoms with Crippen molar-refractivity contribution < 1.29 is 9.21 Å². The smallest absolute Gasteiger partial charge is 0.317 e. The predicted octanol–water partition coefficient (Wildman–Crippen LogP) is 2.35. The molecule has 2 fully saturated rings. The Morgan fingerprint density at radius 3 is 3.08 bits per heavy atom. The van der Waals surface area contributed by atoms with Gasteiger partial charge in [-0.25, -0.2) is 4.79 Å². The van der Waals surface area contributed by atoms with Crippen molar-refractivity contribution in [2.75, 3.05) is 26.2 Å². The fraction of sp³-hybridized carbons (Fsp3) is 0.562. The minimum absolute atomic E-state index is 0.0553. The number of nitrogens with zero attached hydrogens (tertiary/aromatic N) is 4. The van der Waals surface area contributed by atoms with Crippen LogP contribution in [0, 0.1) is 0 Å². The minimum Gasteiger partial charge on any atom is -0.418 e. The Balaban J connectivity index is 1.46. The zero-order chi connectivity index (χ0) is 16.5. The number of carbonyl (C=O) groups excluding carboxylic acids is 1. The molecule has 1 N–H and O–H groups in total. The van der Waals surface area contributed by atoms with Gasteiger partial charge in [0.2, 0.25) is 5.89 Å². The van der Waals surface area contributed by atoms with E-state index in [4.69, 9.17) is 4.42 Å². The molecule has 2 atom stereocenters. The van der Waals surface area contributed by atoms with Crippen molar-refractivity contribution in [3.63, 3.8) is 0 Å². The number of nitrogens with one attached hydrogen (secondary N) is 1. The number of carbonyl (C=O) groups is 1. The second kappa shape index (κ2) is 6.52. The summed E-state index contributed by atoms with van der Waals surface area (Å²) in [6.45, 7) is 5.49. The van der Waals surface area contributed by atoms with Gasteiger partial charge in [0, 0.05) is 25.7 Å².